The minimum atomic E-state index is -0.608. The molecule has 0 aliphatic carbocycles. The first-order valence-corrected chi connectivity index (χ1v) is 10.5. The highest BCUT2D eigenvalue weighted by atomic mass is 35.5. The van der Waals surface area contributed by atoms with E-state index in [-0.39, 0.29) is 17.7 Å². The molecular formula is C20H25Cl2N3O3. The molecule has 0 aromatic heterocycles. The van der Waals surface area contributed by atoms with Crippen LogP contribution >= 0.6 is 23.2 Å². The van der Waals surface area contributed by atoms with Crippen molar-refractivity contribution in [3.05, 3.63) is 33.8 Å². The van der Waals surface area contributed by atoms with Gasteiger partial charge in [0.15, 0.2) is 0 Å². The summed E-state index contributed by atoms with van der Waals surface area (Å²) in [5.74, 6) is -0.639. The number of halogens is 2. The van der Waals surface area contributed by atoms with Crippen molar-refractivity contribution in [3.63, 3.8) is 0 Å². The minimum absolute atomic E-state index is 0.0643. The van der Waals surface area contributed by atoms with Crippen molar-refractivity contribution < 1.29 is 14.4 Å². The van der Waals surface area contributed by atoms with E-state index in [9.17, 15) is 14.4 Å². The Hall–Kier alpha value is -1.79. The molecule has 0 saturated carbocycles. The first-order chi connectivity index (χ1) is 13.4. The normalized spacial score (nSPS) is 20.8. The first kappa shape index (κ1) is 20.9. The second-order valence-corrected chi connectivity index (χ2v) is 8.30. The van der Waals surface area contributed by atoms with Crippen molar-refractivity contribution in [1.29, 1.82) is 0 Å². The van der Waals surface area contributed by atoms with Gasteiger partial charge < -0.3 is 15.1 Å². The van der Waals surface area contributed by atoms with E-state index in [2.05, 4.69) is 5.32 Å². The van der Waals surface area contributed by atoms with Crippen molar-refractivity contribution in [2.45, 2.75) is 51.1 Å². The molecule has 3 amide bonds. The van der Waals surface area contributed by atoms with Crippen LogP contribution in [0.4, 0.5) is 0 Å². The van der Waals surface area contributed by atoms with Gasteiger partial charge in [-0.1, -0.05) is 23.2 Å². The lowest BCUT2D eigenvalue weighted by molar-refractivity contribution is -0.137. The highest BCUT2D eigenvalue weighted by molar-refractivity contribution is 6.35. The first-order valence-electron chi connectivity index (χ1n) is 9.73. The van der Waals surface area contributed by atoms with Crippen LogP contribution in [0, 0.1) is 0 Å². The molecule has 2 atom stereocenters. The van der Waals surface area contributed by atoms with Gasteiger partial charge in [-0.25, -0.2) is 0 Å². The van der Waals surface area contributed by atoms with E-state index in [1.165, 1.54) is 4.90 Å². The average molecular weight is 426 g/mol. The van der Waals surface area contributed by atoms with Crippen LogP contribution in [0.15, 0.2) is 18.2 Å². The molecule has 1 N–H and O–H groups in total. The number of nitrogens with one attached hydrogen (secondary N) is 1. The minimum Gasteiger partial charge on any atom is -0.343 e. The summed E-state index contributed by atoms with van der Waals surface area (Å²) in [6.07, 6.45) is 4.43. The molecule has 2 saturated heterocycles. The molecule has 1 aromatic rings. The largest absolute Gasteiger partial charge is 0.343 e. The van der Waals surface area contributed by atoms with Gasteiger partial charge in [0, 0.05) is 35.2 Å². The Kier molecular flexibility index (Phi) is 6.83. The maximum absolute atomic E-state index is 12.9. The standard InChI is InChI=1S/C20H25Cl2N3O3/c1-13(19(27)24-7-3-2-4-8-24)23-18(26)17-6-5-9-25(17)20(28)14-10-15(21)12-16(22)11-14/h10-13,17H,2-9H2,1H3,(H,23,26)/t13-,17+/m1/s1. The summed E-state index contributed by atoms with van der Waals surface area (Å²) in [5.41, 5.74) is 0.356. The zero-order valence-electron chi connectivity index (χ0n) is 15.9. The van der Waals surface area contributed by atoms with Gasteiger partial charge in [-0.05, 0) is 57.2 Å². The summed E-state index contributed by atoms with van der Waals surface area (Å²) in [6.45, 7) is 3.66. The summed E-state index contributed by atoms with van der Waals surface area (Å²) in [7, 11) is 0. The number of benzene rings is 1. The molecule has 8 heteroatoms. The molecule has 2 aliphatic heterocycles. The Morgan fingerprint density at radius 3 is 2.29 bits per heavy atom. The third kappa shape index (κ3) is 4.78. The van der Waals surface area contributed by atoms with Gasteiger partial charge in [0.25, 0.3) is 5.91 Å². The molecule has 1 aromatic carbocycles. The third-order valence-corrected chi connectivity index (χ3v) is 5.76. The maximum Gasteiger partial charge on any atom is 0.254 e. The smallest absolute Gasteiger partial charge is 0.254 e. The van der Waals surface area contributed by atoms with Crippen LogP contribution in [0.2, 0.25) is 10.0 Å². The fraction of sp³-hybridized carbons (Fsp3) is 0.550. The Morgan fingerprint density at radius 2 is 1.64 bits per heavy atom. The molecule has 0 radical (unpaired) electrons. The Balaban J connectivity index is 1.65. The third-order valence-electron chi connectivity index (χ3n) is 5.32. The molecule has 0 bridgehead atoms. The average Bonchev–Trinajstić information content (AvgIpc) is 3.16. The molecule has 6 nitrogen and oxygen atoms in total. The number of hydrogen-bond donors (Lipinski definition) is 1. The summed E-state index contributed by atoms with van der Waals surface area (Å²) in [6, 6.07) is 3.45. The maximum atomic E-state index is 12.9. The van der Waals surface area contributed by atoms with Gasteiger partial charge in [-0.15, -0.1) is 0 Å². The predicted molar refractivity (Wildman–Crippen MR) is 109 cm³/mol. The number of hydrogen-bond acceptors (Lipinski definition) is 3. The molecule has 0 spiro atoms. The van der Waals surface area contributed by atoms with E-state index in [0.717, 1.165) is 38.8 Å². The zero-order chi connectivity index (χ0) is 20.3. The molecule has 2 heterocycles. The Labute approximate surface area is 175 Å². The summed E-state index contributed by atoms with van der Waals surface area (Å²) < 4.78 is 0. The number of rotatable bonds is 4. The van der Waals surface area contributed by atoms with Gasteiger partial charge >= 0.3 is 0 Å². The SMILES string of the molecule is C[C@@H](NC(=O)[C@@H]1CCCN1C(=O)c1cc(Cl)cc(Cl)c1)C(=O)N1CCCCC1. The van der Waals surface area contributed by atoms with Crippen LogP contribution in [0.25, 0.3) is 0 Å². The fourth-order valence-electron chi connectivity index (χ4n) is 3.88. The van der Waals surface area contributed by atoms with Gasteiger partial charge in [0.1, 0.15) is 12.1 Å². The number of likely N-dealkylation sites (tertiary alicyclic amines) is 2. The molecule has 28 heavy (non-hydrogen) atoms. The highest BCUT2D eigenvalue weighted by Crippen LogP contribution is 2.24. The molecule has 2 fully saturated rings. The number of piperidine rings is 1. The lowest BCUT2D eigenvalue weighted by Gasteiger charge is -2.30. The van der Waals surface area contributed by atoms with Crippen LogP contribution in [0.1, 0.15) is 49.4 Å². The summed E-state index contributed by atoms with van der Waals surface area (Å²) >= 11 is 12.0. The van der Waals surface area contributed by atoms with Crippen LogP contribution < -0.4 is 5.32 Å². The number of carbonyl (C=O) groups is 3. The van der Waals surface area contributed by atoms with Gasteiger partial charge in [-0.2, -0.15) is 0 Å². The molecule has 3 rings (SSSR count). The lowest BCUT2D eigenvalue weighted by Crippen LogP contribution is -2.53. The van der Waals surface area contributed by atoms with Crippen molar-refractivity contribution in [1.82, 2.24) is 15.1 Å². The molecule has 152 valence electrons. The number of amides is 3. The van der Waals surface area contributed by atoms with Crippen LogP contribution in [0.5, 0.6) is 0 Å². The van der Waals surface area contributed by atoms with E-state index in [1.807, 2.05) is 0 Å². The van der Waals surface area contributed by atoms with Crippen LogP contribution in [-0.2, 0) is 9.59 Å². The Morgan fingerprint density at radius 1 is 1.00 bits per heavy atom. The molecular weight excluding hydrogens is 401 g/mol. The van der Waals surface area contributed by atoms with Crippen LogP contribution in [-0.4, -0.2) is 59.2 Å². The predicted octanol–water partition coefficient (Wildman–Crippen LogP) is 3.12. The van der Waals surface area contributed by atoms with Crippen molar-refractivity contribution >= 4 is 40.9 Å². The van der Waals surface area contributed by atoms with Crippen molar-refractivity contribution in [2.75, 3.05) is 19.6 Å². The van der Waals surface area contributed by atoms with E-state index in [1.54, 1.807) is 30.0 Å². The summed E-state index contributed by atoms with van der Waals surface area (Å²) in [4.78, 5) is 41.6. The Bertz CT molecular complexity index is 745. The van der Waals surface area contributed by atoms with E-state index < -0.39 is 12.1 Å². The number of nitrogens with zero attached hydrogens (tertiary/aromatic N) is 2. The quantitative estimate of drug-likeness (QED) is 0.805. The van der Waals surface area contributed by atoms with Gasteiger partial charge in [0.05, 0.1) is 0 Å². The fourth-order valence-corrected chi connectivity index (χ4v) is 4.41. The van der Waals surface area contributed by atoms with Crippen molar-refractivity contribution in [3.8, 4) is 0 Å². The molecule has 0 unspecified atom stereocenters. The van der Waals surface area contributed by atoms with E-state index in [0.29, 0.717) is 28.6 Å². The zero-order valence-corrected chi connectivity index (χ0v) is 17.4. The van der Waals surface area contributed by atoms with E-state index in [4.69, 9.17) is 23.2 Å². The highest BCUT2D eigenvalue weighted by Gasteiger charge is 2.36. The lowest BCUT2D eigenvalue weighted by atomic mass is 10.1. The van der Waals surface area contributed by atoms with Gasteiger partial charge in [0.2, 0.25) is 11.8 Å². The summed E-state index contributed by atoms with van der Waals surface area (Å²) in [5, 5.41) is 3.55. The molecule has 2 aliphatic rings. The topological polar surface area (TPSA) is 69.7 Å². The van der Waals surface area contributed by atoms with Gasteiger partial charge in [-0.3, -0.25) is 14.4 Å². The van der Waals surface area contributed by atoms with Crippen molar-refractivity contribution in [2.24, 2.45) is 0 Å². The number of carbonyl (C=O) groups excluding carboxylic acids is 3. The van der Waals surface area contributed by atoms with E-state index >= 15 is 0 Å². The van der Waals surface area contributed by atoms with Crippen LogP contribution in [0.3, 0.4) is 0 Å². The second-order valence-electron chi connectivity index (χ2n) is 7.43. The second kappa shape index (κ2) is 9.14. The monoisotopic (exact) mass is 425 g/mol.